The van der Waals surface area contributed by atoms with Crippen molar-refractivity contribution in [2.45, 2.75) is 20.3 Å². The number of nitrogens with one attached hydrogen (secondary N) is 2. The summed E-state index contributed by atoms with van der Waals surface area (Å²) in [7, 11) is 1.59. The number of amides is 2. The van der Waals surface area contributed by atoms with Crippen LogP contribution in [0.5, 0.6) is 5.75 Å². The van der Waals surface area contributed by atoms with Gasteiger partial charge in [-0.15, -0.1) is 0 Å². The fourth-order valence-electron chi connectivity index (χ4n) is 2.39. The Balaban J connectivity index is 1.94. The molecule has 0 heterocycles. The van der Waals surface area contributed by atoms with Gasteiger partial charge in [-0.25, -0.2) is 4.39 Å². The summed E-state index contributed by atoms with van der Waals surface area (Å²) in [4.78, 5) is 24.8. The van der Waals surface area contributed by atoms with E-state index in [0.29, 0.717) is 13.0 Å². The lowest BCUT2D eigenvalue weighted by atomic mass is 9.90. The monoisotopic (exact) mass is 358 g/mol. The highest BCUT2D eigenvalue weighted by Gasteiger charge is 2.36. The first kappa shape index (κ1) is 19.4. The number of benzene rings is 2. The molecule has 138 valence electrons. The quantitative estimate of drug-likeness (QED) is 0.747. The molecule has 26 heavy (non-hydrogen) atoms. The van der Waals surface area contributed by atoms with E-state index in [9.17, 15) is 14.0 Å². The zero-order valence-corrected chi connectivity index (χ0v) is 15.1. The first-order valence-electron chi connectivity index (χ1n) is 8.32. The van der Waals surface area contributed by atoms with Crippen molar-refractivity contribution in [2.75, 3.05) is 19.0 Å². The molecule has 0 fully saturated rings. The molecule has 2 amide bonds. The van der Waals surface area contributed by atoms with E-state index < -0.39 is 23.0 Å². The zero-order chi connectivity index (χ0) is 19.2. The molecular weight excluding hydrogens is 335 g/mol. The summed E-state index contributed by atoms with van der Waals surface area (Å²) in [5.74, 6) is -0.801. The number of ether oxygens (including phenoxy) is 1. The molecule has 2 aromatic carbocycles. The van der Waals surface area contributed by atoms with Crippen LogP contribution in [0.3, 0.4) is 0 Å². The Morgan fingerprint density at radius 3 is 2.38 bits per heavy atom. The molecule has 0 bridgehead atoms. The Morgan fingerprint density at radius 2 is 1.69 bits per heavy atom. The summed E-state index contributed by atoms with van der Waals surface area (Å²) < 4.78 is 18.9. The van der Waals surface area contributed by atoms with Gasteiger partial charge in [-0.1, -0.05) is 30.3 Å². The molecule has 0 saturated heterocycles. The van der Waals surface area contributed by atoms with Crippen molar-refractivity contribution in [1.29, 1.82) is 0 Å². The van der Waals surface area contributed by atoms with E-state index in [1.54, 1.807) is 13.2 Å². The largest absolute Gasteiger partial charge is 0.496 e. The molecule has 0 radical (unpaired) electrons. The van der Waals surface area contributed by atoms with Gasteiger partial charge < -0.3 is 15.4 Å². The third kappa shape index (κ3) is 4.59. The van der Waals surface area contributed by atoms with Crippen LogP contribution in [0.2, 0.25) is 0 Å². The second-order valence-corrected chi connectivity index (χ2v) is 6.38. The summed E-state index contributed by atoms with van der Waals surface area (Å²) >= 11 is 0. The molecule has 0 aliphatic heterocycles. The molecule has 0 saturated carbocycles. The lowest BCUT2D eigenvalue weighted by Gasteiger charge is -2.23. The number of hydrogen-bond acceptors (Lipinski definition) is 3. The third-order valence-corrected chi connectivity index (χ3v) is 4.13. The Labute approximate surface area is 152 Å². The minimum Gasteiger partial charge on any atom is -0.496 e. The van der Waals surface area contributed by atoms with Gasteiger partial charge in [0.1, 0.15) is 17.0 Å². The minimum atomic E-state index is -1.34. The molecule has 6 heteroatoms. The van der Waals surface area contributed by atoms with E-state index in [-0.39, 0.29) is 5.69 Å². The van der Waals surface area contributed by atoms with Crippen molar-refractivity contribution in [3.05, 3.63) is 59.9 Å². The van der Waals surface area contributed by atoms with Gasteiger partial charge in [-0.05, 0) is 44.0 Å². The first-order chi connectivity index (χ1) is 12.4. The number of hydrogen-bond donors (Lipinski definition) is 2. The van der Waals surface area contributed by atoms with Crippen molar-refractivity contribution < 1.29 is 18.7 Å². The van der Waals surface area contributed by atoms with Crippen molar-refractivity contribution in [2.24, 2.45) is 5.41 Å². The highest BCUT2D eigenvalue weighted by molar-refractivity contribution is 6.09. The fraction of sp³-hybridized carbons (Fsp3) is 0.300. The number of carbonyl (C=O) groups excluding carboxylic acids is 2. The molecule has 0 atom stereocenters. The lowest BCUT2D eigenvalue weighted by Crippen LogP contribution is -2.45. The Bertz CT molecular complexity index is 790. The van der Waals surface area contributed by atoms with Crippen LogP contribution < -0.4 is 15.4 Å². The molecule has 0 spiro atoms. The van der Waals surface area contributed by atoms with Crippen LogP contribution in [0, 0.1) is 11.2 Å². The Hall–Kier alpha value is -2.89. The van der Waals surface area contributed by atoms with Crippen molar-refractivity contribution in [1.82, 2.24) is 5.32 Å². The Morgan fingerprint density at radius 1 is 1.04 bits per heavy atom. The molecule has 0 aliphatic rings. The summed E-state index contributed by atoms with van der Waals surface area (Å²) in [5, 5.41) is 5.22. The fourth-order valence-corrected chi connectivity index (χ4v) is 2.39. The average molecular weight is 358 g/mol. The maximum Gasteiger partial charge on any atom is 0.239 e. The predicted molar refractivity (Wildman–Crippen MR) is 98.5 cm³/mol. The SMILES string of the molecule is COc1ccccc1CCNC(=O)C(C)(C)C(=O)Nc1ccccc1F. The van der Waals surface area contributed by atoms with Gasteiger partial charge in [0, 0.05) is 6.54 Å². The minimum absolute atomic E-state index is 0.0485. The van der Waals surface area contributed by atoms with E-state index in [1.165, 1.54) is 32.0 Å². The van der Waals surface area contributed by atoms with Gasteiger partial charge in [0.05, 0.1) is 12.8 Å². The highest BCUT2D eigenvalue weighted by atomic mass is 19.1. The molecule has 2 N–H and O–H groups in total. The van der Waals surface area contributed by atoms with Gasteiger partial charge in [0.2, 0.25) is 11.8 Å². The van der Waals surface area contributed by atoms with Crippen LogP contribution in [-0.2, 0) is 16.0 Å². The summed E-state index contributed by atoms with van der Waals surface area (Å²) in [6.45, 7) is 3.36. The van der Waals surface area contributed by atoms with Crippen LogP contribution in [0.1, 0.15) is 19.4 Å². The topological polar surface area (TPSA) is 67.4 Å². The van der Waals surface area contributed by atoms with E-state index in [1.807, 2.05) is 24.3 Å². The predicted octanol–water partition coefficient (Wildman–Crippen LogP) is 3.16. The number of rotatable bonds is 7. The van der Waals surface area contributed by atoms with Gasteiger partial charge in [0.25, 0.3) is 0 Å². The van der Waals surface area contributed by atoms with Crippen LogP contribution in [0.25, 0.3) is 0 Å². The van der Waals surface area contributed by atoms with Crippen molar-refractivity contribution >= 4 is 17.5 Å². The van der Waals surface area contributed by atoms with Crippen LogP contribution in [0.4, 0.5) is 10.1 Å². The number of carbonyl (C=O) groups is 2. The maximum atomic E-state index is 13.7. The summed E-state index contributed by atoms with van der Waals surface area (Å²) in [6, 6.07) is 13.4. The third-order valence-electron chi connectivity index (χ3n) is 4.13. The molecule has 5 nitrogen and oxygen atoms in total. The van der Waals surface area contributed by atoms with Gasteiger partial charge in [-0.3, -0.25) is 9.59 Å². The number of para-hydroxylation sites is 2. The number of halogens is 1. The van der Waals surface area contributed by atoms with Gasteiger partial charge in [-0.2, -0.15) is 0 Å². The van der Waals surface area contributed by atoms with Gasteiger partial charge in [0.15, 0.2) is 0 Å². The highest BCUT2D eigenvalue weighted by Crippen LogP contribution is 2.21. The van der Waals surface area contributed by atoms with Crippen LogP contribution >= 0.6 is 0 Å². The van der Waals surface area contributed by atoms with E-state index in [2.05, 4.69) is 10.6 Å². The second-order valence-electron chi connectivity index (χ2n) is 6.38. The van der Waals surface area contributed by atoms with Crippen molar-refractivity contribution in [3.8, 4) is 5.75 Å². The number of methoxy groups -OCH3 is 1. The van der Waals surface area contributed by atoms with Crippen molar-refractivity contribution in [3.63, 3.8) is 0 Å². The van der Waals surface area contributed by atoms with E-state index in [4.69, 9.17) is 4.74 Å². The smallest absolute Gasteiger partial charge is 0.239 e. The molecule has 0 aromatic heterocycles. The lowest BCUT2D eigenvalue weighted by molar-refractivity contribution is -0.138. The summed E-state index contributed by atoms with van der Waals surface area (Å²) in [6.07, 6.45) is 0.570. The van der Waals surface area contributed by atoms with E-state index in [0.717, 1.165) is 11.3 Å². The standard InChI is InChI=1S/C20H23FN2O3/c1-20(2,19(25)23-16-10-6-5-9-15(16)21)18(24)22-13-12-14-8-4-7-11-17(14)26-3/h4-11H,12-13H2,1-3H3,(H,22,24)(H,23,25). The first-order valence-corrected chi connectivity index (χ1v) is 8.32. The van der Waals surface area contributed by atoms with Crippen LogP contribution in [-0.4, -0.2) is 25.5 Å². The molecule has 2 rings (SSSR count). The molecule has 0 unspecified atom stereocenters. The maximum absolute atomic E-state index is 13.7. The van der Waals surface area contributed by atoms with Gasteiger partial charge >= 0.3 is 0 Å². The number of anilines is 1. The van der Waals surface area contributed by atoms with Crippen LogP contribution in [0.15, 0.2) is 48.5 Å². The van der Waals surface area contributed by atoms with E-state index >= 15 is 0 Å². The average Bonchev–Trinajstić information content (AvgIpc) is 2.63. The molecule has 2 aromatic rings. The normalized spacial score (nSPS) is 10.9. The molecular formula is C20H23FN2O3. The molecule has 0 aliphatic carbocycles. The zero-order valence-electron chi connectivity index (χ0n) is 15.1. The Kier molecular flexibility index (Phi) is 6.33. The second kappa shape index (κ2) is 8.47. The summed E-state index contributed by atoms with van der Waals surface area (Å²) in [5.41, 5.74) is -0.334.